The van der Waals surface area contributed by atoms with Crippen molar-refractivity contribution in [2.24, 2.45) is 5.92 Å². The first-order chi connectivity index (χ1) is 5.60. The van der Waals surface area contributed by atoms with E-state index in [1.807, 2.05) is 6.92 Å². The smallest absolute Gasteiger partial charge is 0.0639 e. The molecule has 0 radical (unpaired) electrons. The number of aliphatic hydroxyl groups excluding tert-OH is 1. The van der Waals surface area contributed by atoms with Gasteiger partial charge in [0.25, 0.3) is 0 Å². The Hall–Kier alpha value is -0.0800. The molecule has 0 rings (SSSR count). The van der Waals surface area contributed by atoms with Crippen LogP contribution in [0.5, 0.6) is 0 Å². The molecule has 1 unspecified atom stereocenters. The van der Waals surface area contributed by atoms with Crippen molar-refractivity contribution in [3.05, 3.63) is 0 Å². The Kier molecular flexibility index (Phi) is 6.39. The SMILES string of the molecule is CCC(C)CN(CC)C[C@@H](C)O. The zero-order valence-corrected chi connectivity index (χ0v) is 8.88. The number of likely N-dealkylation sites (N-methyl/N-ethyl adjacent to an activating group) is 1. The normalized spacial score (nSPS) is 16.5. The first-order valence-corrected chi connectivity index (χ1v) is 5.00. The quantitative estimate of drug-likeness (QED) is 0.661. The summed E-state index contributed by atoms with van der Waals surface area (Å²) in [5.41, 5.74) is 0. The predicted octanol–water partition coefficient (Wildman–Crippen LogP) is 1.74. The second kappa shape index (κ2) is 6.44. The molecule has 0 aromatic heterocycles. The van der Waals surface area contributed by atoms with Crippen molar-refractivity contribution < 1.29 is 5.11 Å². The van der Waals surface area contributed by atoms with Gasteiger partial charge in [-0.1, -0.05) is 27.2 Å². The molecule has 2 heteroatoms. The van der Waals surface area contributed by atoms with Gasteiger partial charge < -0.3 is 10.0 Å². The summed E-state index contributed by atoms with van der Waals surface area (Å²) in [6.45, 7) is 11.4. The summed E-state index contributed by atoms with van der Waals surface area (Å²) in [5.74, 6) is 0.740. The van der Waals surface area contributed by atoms with Crippen LogP contribution in [0.4, 0.5) is 0 Å². The Balaban J connectivity index is 3.66. The standard InChI is InChI=1S/C10H23NO/c1-5-9(3)7-11(6-2)8-10(4)12/h9-10,12H,5-8H2,1-4H3/t9?,10-/m1/s1. The maximum absolute atomic E-state index is 9.20. The van der Waals surface area contributed by atoms with Crippen molar-refractivity contribution in [2.75, 3.05) is 19.6 Å². The lowest BCUT2D eigenvalue weighted by atomic mass is 10.1. The Morgan fingerprint density at radius 1 is 1.17 bits per heavy atom. The molecule has 0 saturated carbocycles. The molecule has 12 heavy (non-hydrogen) atoms. The fraction of sp³-hybridized carbons (Fsp3) is 1.00. The minimum Gasteiger partial charge on any atom is -0.392 e. The highest BCUT2D eigenvalue weighted by molar-refractivity contribution is 4.62. The Labute approximate surface area is 76.6 Å². The van der Waals surface area contributed by atoms with Gasteiger partial charge in [-0.2, -0.15) is 0 Å². The van der Waals surface area contributed by atoms with Crippen molar-refractivity contribution in [1.82, 2.24) is 4.90 Å². The monoisotopic (exact) mass is 173 g/mol. The van der Waals surface area contributed by atoms with Crippen LogP contribution in [-0.2, 0) is 0 Å². The summed E-state index contributed by atoms with van der Waals surface area (Å²) in [6, 6.07) is 0. The largest absolute Gasteiger partial charge is 0.392 e. The van der Waals surface area contributed by atoms with Gasteiger partial charge in [0.1, 0.15) is 0 Å². The van der Waals surface area contributed by atoms with E-state index in [1.165, 1.54) is 6.42 Å². The summed E-state index contributed by atoms with van der Waals surface area (Å²) in [4.78, 5) is 2.30. The third-order valence-corrected chi connectivity index (χ3v) is 2.24. The van der Waals surface area contributed by atoms with Gasteiger partial charge in [0.2, 0.25) is 0 Å². The van der Waals surface area contributed by atoms with Crippen LogP contribution in [0.15, 0.2) is 0 Å². The predicted molar refractivity (Wildman–Crippen MR) is 53.2 cm³/mol. The highest BCUT2D eigenvalue weighted by Gasteiger charge is 2.08. The molecular formula is C10H23NO. The fourth-order valence-corrected chi connectivity index (χ4v) is 1.28. The zero-order valence-electron chi connectivity index (χ0n) is 8.88. The zero-order chi connectivity index (χ0) is 9.56. The van der Waals surface area contributed by atoms with E-state index in [-0.39, 0.29) is 6.10 Å². The molecular weight excluding hydrogens is 150 g/mol. The average molecular weight is 173 g/mol. The molecule has 0 aliphatic rings. The summed E-state index contributed by atoms with van der Waals surface area (Å²) in [6.07, 6.45) is 1.02. The molecule has 0 amide bonds. The number of rotatable bonds is 6. The van der Waals surface area contributed by atoms with E-state index in [4.69, 9.17) is 0 Å². The third-order valence-electron chi connectivity index (χ3n) is 2.24. The van der Waals surface area contributed by atoms with E-state index in [2.05, 4.69) is 25.7 Å². The van der Waals surface area contributed by atoms with Gasteiger partial charge in [-0.05, 0) is 19.4 Å². The minimum absolute atomic E-state index is 0.200. The maximum Gasteiger partial charge on any atom is 0.0639 e. The second-order valence-corrected chi connectivity index (χ2v) is 3.71. The number of nitrogens with zero attached hydrogens (tertiary/aromatic N) is 1. The lowest BCUT2D eigenvalue weighted by Gasteiger charge is -2.24. The van der Waals surface area contributed by atoms with Crippen LogP contribution in [0, 0.1) is 5.92 Å². The van der Waals surface area contributed by atoms with E-state index >= 15 is 0 Å². The molecule has 0 aliphatic carbocycles. The molecule has 0 saturated heterocycles. The summed E-state index contributed by atoms with van der Waals surface area (Å²) >= 11 is 0. The van der Waals surface area contributed by atoms with Gasteiger partial charge >= 0.3 is 0 Å². The number of hydrogen-bond acceptors (Lipinski definition) is 2. The molecule has 0 aliphatic heterocycles. The molecule has 0 aromatic carbocycles. The second-order valence-electron chi connectivity index (χ2n) is 3.71. The van der Waals surface area contributed by atoms with Crippen LogP contribution in [0.2, 0.25) is 0 Å². The lowest BCUT2D eigenvalue weighted by Crippen LogP contribution is -2.34. The van der Waals surface area contributed by atoms with Crippen LogP contribution in [0.3, 0.4) is 0 Å². The summed E-state index contributed by atoms with van der Waals surface area (Å²) < 4.78 is 0. The first-order valence-electron chi connectivity index (χ1n) is 5.00. The highest BCUT2D eigenvalue weighted by Crippen LogP contribution is 2.04. The topological polar surface area (TPSA) is 23.5 Å². The van der Waals surface area contributed by atoms with Gasteiger partial charge in [-0.25, -0.2) is 0 Å². The molecule has 0 heterocycles. The summed E-state index contributed by atoms with van der Waals surface area (Å²) in [7, 11) is 0. The van der Waals surface area contributed by atoms with Crippen molar-refractivity contribution in [2.45, 2.75) is 40.2 Å². The lowest BCUT2D eigenvalue weighted by molar-refractivity contribution is 0.120. The van der Waals surface area contributed by atoms with Gasteiger partial charge in [-0.15, -0.1) is 0 Å². The van der Waals surface area contributed by atoms with Gasteiger partial charge in [0.05, 0.1) is 6.10 Å². The molecule has 0 bridgehead atoms. The molecule has 2 atom stereocenters. The summed E-state index contributed by atoms with van der Waals surface area (Å²) in [5, 5.41) is 9.20. The average Bonchev–Trinajstić information content (AvgIpc) is 2.02. The van der Waals surface area contributed by atoms with Crippen LogP contribution < -0.4 is 0 Å². The third kappa shape index (κ3) is 5.56. The van der Waals surface area contributed by atoms with Crippen molar-refractivity contribution in [3.8, 4) is 0 Å². The fourth-order valence-electron chi connectivity index (χ4n) is 1.28. The van der Waals surface area contributed by atoms with Crippen molar-refractivity contribution >= 4 is 0 Å². The molecule has 0 spiro atoms. The molecule has 0 aromatic rings. The van der Waals surface area contributed by atoms with Crippen molar-refractivity contribution in [1.29, 1.82) is 0 Å². The van der Waals surface area contributed by atoms with E-state index in [9.17, 15) is 5.11 Å². The van der Waals surface area contributed by atoms with Crippen LogP contribution in [0.25, 0.3) is 0 Å². The first kappa shape index (κ1) is 11.9. The van der Waals surface area contributed by atoms with Crippen LogP contribution >= 0.6 is 0 Å². The number of aliphatic hydroxyl groups is 1. The van der Waals surface area contributed by atoms with E-state index in [0.717, 1.165) is 25.6 Å². The van der Waals surface area contributed by atoms with E-state index in [0.29, 0.717) is 0 Å². The van der Waals surface area contributed by atoms with Gasteiger partial charge in [0, 0.05) is 13.1 Å². The maximum atomic E-state index is 9.20. The Morgan fingerprint density at radius 2 is 1.75 bits per heavy atom. The van der Waals surface area contributed by atoms with E-state index < -0.39 is 0 Å². The molecule has 1 N–H and O–H groups in total. The van der Waals surface area contributed by atoms with Crippen molar-refractivity contribution in [3.63, 3.8) is 0 Å². The minimum atomic E-state index is -0.200. The van der Waals surface area contributed by atoms with E-state index in [1.54, 1.807) is 0 Å². The Bertz CT molecular complexity index is 104. The van der Waals surface area contributed by atoms with Crippen LogP contribution in [-0.4, -0.2) is 35.7 Å². The van der Waals surface area contributed by atoms with Gasteiger partial charge in [-0.3, -0.25) is 0 Å². The molecule has 2 nitrogen and oxygen atoms in total. The molecule has 74 valence electrons. The van der Waals surface area contributed by atoms with Gasteiger partial charge in [0.15, 0.2) is 0 Å². The number of hydrogen-bond donors (Lipinski definition) is 1. The van der Waals surface area contributed by atoms with Crippen LogP contribution in [0.1, 0.15) is 34.1 Å². The molecule has 0 fully saturated rings. The Morgan fingerprint density at radius 3 is 2.08 bits per heavy atom. The highest BCUT2D eigenvalue weighted by atomic mass is 16.3.